The summed E-state index contributed by atoms with van der Waals surface area (Å²) >= 11 is 0. The van der Waals surface area contributed by atoms with Crippen LogP contribution in [0, 0.1) is 11.8 Å². The lowest BCUT2D eigenvalue weighted by Gasteiger charge is -2.38. The Morgan fingerprint density at radius 1 is 1.00 bits per heavy atom. The summed E-state index contributed by atoms with van der Waals surface area (Å²) in [4.78, 5) is 0. The lowest BCUT2D eigenvalue weighted by Crippen LogP contribution is -2.49. The Hall–Kier alpha value is -0.0800. The number of hydrogen-bond donors (Lipinski definition) is 2. The average Bonchev–Trinajstić information content (AvgIpc) is 2.26. The van der Waals surface area contributed by atoms with Crippen LogP contribution in [0.2, 0.25) is 0 Å². The highest BCUT2D eigenvalue weighted by Crippen LogP contribution is 2.30. The van der Waals surface area contributed by atoms with Gasteiger partial charge in [0.05, 0.1) is 0 Å². The van der Waals surface area contributed by atoms with Crippen LogP contribution in [0.25, 0.3) is 0 Å². The molecule has 15 heavy (non-hydrogen) atoms. The molecule has 2 aliphatic rings. The SMILES string of the molecule is CC1CCCC(NC2CCNCC2)C1C. The molecule has 0 aromatic carbocycles. The smallest absolute Gasteiger partial charge is 0.00978 e. The van der Waals surface area contributed by atoms with Crippen LogP contribution >= 0.6 is 0 Å². The van der Waals surface area contributed by atoms with Gasteiger partial charge in [-0.15, -0.1) is 0 Å². The zero-order chi connectivity index (χ0) is 10.7. The van der Waals surface area contributed by atoms with Crippen molar-refractivity contribution in [2.75, 3.05) is 13.1 Å². The molecule has 0 amide bonds. The van der Waals surface area contributed by atoms with Crippen molar-refractivity contribution in [3.05, 3.63) is 0 Å². The van der Waals surface area contributed by atoms with Crippen molar-refractivity contribution in [1.29, 1.82) is 0 Å². The first-order valence-corrected chi connectivity index (χ1v) is 6.74. The van der Waals surface area contributed by atoms with Crippen LogP contribution in [0.15, 0.2) is 0 Å². The van der Waals surface area contributed by atoms with Crippen molar-refractivity contribution < 1.29 is 0 Å². The maximum atomic E-state index is 3.90. The third-order valence-electron chi connectivity index (χ3n) is 4.50. The second kappa shape index (κ2) is 5.31. The Labute approximate surface area is 94.2 Å². The van der Waals surface area contributed by atoms with Crippen molar-refractivity contribution in [3.8, 4) is 0 Å². The highest BCUT2D eigenvalue weighted by atomic mass is 15.0. The molecule has 0 aromatic rings. The molecule has 2 heteroatoms. The van der Waals surface area contributed by atoms with Gasteiger partial charge < -0.3 is 10.6 Å². The fraction of sp³-hybridized carbons (Fsp3) is 1.00. The summed E-state index contributed by atoms with van der Waals surface area (Å²) in [5, 5.41) is 7.33. The second-order valence-electron chi connectivity index (χ2n) is 5.56. The van der Waals surface area contributed by atoms with E-state index in [-0.39, 0.29) is 0 Å². The predicted octanol–water partition coefficient (Wildman–Crippen LogP) is 2.15. The maximum Gasteiger partial charge on any atom is 0.00978 e. The van der Waals surface area contributed by atoms with E-state index in [1.165, 1.54) is 45.2 Å². The molecule has 1 heterocycles. The van der Waals surface area contributed by atoms with Crippen LogP contribution in [-0.2, 0) is 0 Å². The summed E-state index contributed by atoms with van der Waals surface area (Å²) < 4.78 is 0. The molecule has 0 bridgehead atoms. The minimum atomic E-state index is 0.781. The van der Waals surface area contributed by atoms with Crippen LogP contribution in [0.3, 0.4) is 0 Å². The number of rotatable bonds is 2. The van der Waals surface area contributed by atoms with Gasteiger partial charge in [0.1, 0.15) is 0 Å². The van der Waals surface area contributed by atoms with Gasteiger partial charge in [0.25, 0.3) is 0 Å². The Morgan fingerprint density at radius 2 is 1.73 bits per heavy atom. The van der Waals surface area contributed by atoms with Gasteiger partial charge in [-0.25, -0.2) is 0 Å². The molecule has 3 atom stereocenters. The Balaban J connectivity index is 1.81. The normalized spacial score (nSPS) is 39.2. The molecule has 2 rings (SSSR count). The number of hydrogen-bond acceptors (Lipinski definition) is 2. The van der Waals surface area contributed by atoms with Crippen molar-refractivity contribution in [2.45, 2.75) is 58.0 Å². The molecule has 2 fully saturated rings. The van der Waals surface area contributed by atoms with Gasteiger partial charge in [-0.05, 0) is 44.2 Å². The molecule has 2 N–H and O–H groups in total. The highest BCUT2D eigenvalue weighted by molar-refractivity contribution is 4.86. The maximum absolute atomic E-state index is 3.90. The highest BCUT2D eigenvalue weighted by Gasteiger charge is 2.28. The van der Waals surface area contributed by atoms with Crippen molar-refractivity contribution in [1.82, 2.24) is 10.6 Å². The monoisotopic (exact) mass is 210 g/mol. The second-order valence-corrected chi connectivity index (χ2v) is 5.56. The van der Waals surface area contributed by atoms with E-state index >= 15 is 0 Å². The number of nitrogens with one attached hydrogen (secondary N) is 2. The van der Waals surface area contributed by atoms with E-state index in [0.717, 1.165) is 23.9 Å². The van der Waals surface area contributed by atoms with Gasteiger partial charge in [0.15, 0.2) is 0 Å². The zero-order valence-corrected chi connectivity index (χ0v) is 10.3. The summed E-state index contributed by atoms with van der Waals surface area (Å²) in [6.45, 7) is 7.26. The average molecular weight is 210 g/mol. The molecule has 1 saturated carbocycles. The first-order valence-electron chi connectivity index (χ1n) is 6.74. The third-order valence-corrected chi connectivity index (χ3v) is 4.50. The Morgan fingerprint density at radius 3 is 2.47 bits per heavy atom. The Kier molecular flexibility index (Phi) is 4.04. The summed E-state index contributed by atoms with van der Waals surface area (Å²) in [5.41, 5.74) is 0. The van der Waals surface area contributed by atoms with Gasteiger partial charge in [-0.1, -0.05) is 26.7 Å². The standard InChI is InChI=1S/C13H26N2/c1-10-4-3-5-13(11(10)2)15-12-6-8-14-9-7-12/h10-15H,3-9H2,1-2H3. The molecule has 2 nitrogen and oxygen atoms in total. The minimum absolute atomic E-state index is 0.781. The molecule has 0 spiro atoms. The minimum Gasteiger partial charge on any atom is -0.317 e. The summed E-state index contributed by atoms with van der Waals surface area (Å²) in [6.07, 6.45) is 6.89. The predicted molar refractivity (Wildman–Crippen MR) is 65.0 cm³/mol. The van der Waals surface area contributed by atoms with Gasteiger partial charge in [-0.3, -0.25) is 0 Å². The van der Waals surface area contributed by atoms with Crippen LogP contribution in [0.4, 0.5) is 0 Å². The molecule has 0 radical (unpaired) electrons. The van der Waals surface area contributed by atoms with Gasteiger partial charge in [-0.2, -0.15) is 0 Å². The van der Waals surface area contributed by atoms with E-state index < -0.39 is 0 Å². The van der Waals surface area contributed by atoms with E-state index in [2.05, 4.69) is 24.5 Å². The van der Waals surface area contributed by atoms with Crippen LogP contribution < -0.4 is 10.6 Å². The topological polar surface area (TPSA) is 24.1 Å². The van der Waals surface area contributed by atoms with Gasteiger partial charge in [0.2, 0.25) is 0 Å². The van der Waals surface area contributed by atoms with Crippen molar-refractivity contribution >= 4 is 0 Å². The van der Waals surface area contributed by atoms with Crippen LogP contribution in [-0.4, -0.2) is 25.2 Å². The zero-order valence-electron chi connectivity index (χ0n) is 10.3. The fourth-order valence-electron chi connectivity index (χ4n) is 3.11. The third kappa shape index (κ3) is 2.94. The van der Waals surface area contributed by atoms with E-state index in [0.29, 0.717) is 0 Å². The fourth-order valence-corrected chi connectivity index (χ4v) is 3.11. The molecule has 3 unspecified atom stereocenters. The summed E-state index contributed by atoms with van der Waals surface area (Å²) in [5.74, 6) is 1.78. The van der Waals surface area contributed by atoms with Crippen molar-refractivity contribution in [3.63, 3.8) is 0 Å². The first-order chi connectivity index (χ1) is 7.27. The molecular formula is C13H26N2. The van der Waals surface area contributed by atoms with Crippen LogP contribution in [0.5, 0.6) is 0 Å². The van der Waals surface area contributed by atoms with Crippen LogP contribution in [0.1, 0.15) is 46.0 Å². The molecule has 1 aliphatic carbocycles. The quantitative estimate of drug-likeness (QED) is 0.730. The summed E-state index contributed by atoms with van der Waals surface area (Å²) in [7, 11) is 0. The largest absolute Gasteiger partial charge is 0.317 e. The van der Waals surface area contributed by atoms with E-state index in [4.69, 9.17) is 0 Å². The lowest BCUT2D eigenvalue weighted by atomic mass is 9.77. The molecule has 1 aliphatic heterocycles. The summed E-state index contributed by atoms with van der Waals surface area (Å²) in [6, 6.07) is 1.57. The molecule has 88 valence electrons. The van der Waals surface area contributed by atoms with Crippen molar-refractivity contribution in [2.24, 2.45) is 11.8 Å². The molecule has 1 saturated heterocycles. The lowest BCUT2D eigenvalue weighted by molar-refractivity contribution is 0.184. The van der Waals surface area contributed by atoms with Gasteiger partial charge >= 0.3 is 0 Å². The Bertz CT molecular complexity index is 187. The first kappa shape index (κ1) is 11.4. The molecule has 0 aromatic heterocycles. The molecular weight excluding hydrogens is 184 g/mol. The van der Waals surface area contributed by atoms with E-state index in [9.17, 15) is 0 Å². The van der Waals surface area contributed by atoms with E-state index in [1.807, 2.05) is 0 Å². The van der Waals surface area contributed by atoms with Gasteiger partial charge in [0, 0.05) is 12.1 Å². The number of piperidine rings is 1. The van der Waals surface area contributed by atoms with E-state index in [1.54, 1.807) is 0 Å².